The van der Waals surface area contributed by atoms with Crippen LogP contribution in [0.2, 0.25) is 0 Å². The Hall–Kier alpha value is -3.59. The summed E-state index contributed by atoms with van der Waals surface area (Å²) < 4.78 is 32.5. The number of rotatable bonds is 9. The summed E-state index contributed by atoms with van der Waals surface area (Å²) in [5.74, 6) is -0.780. The van der Waals surface area contributed by atoms with Crippen LogP contribution >= 0.6 is 0 Å². The highest BCUT2D eigenvalue weighted by Crippen LogP contribution is 2.30. The van der Waals surface area contributed by atoms with E-state index in [9.17, 15) is 18.0 Å². The first-order chi connectivity index (χ1) is 15.6. The topological polar surface area (TPSA) is 120 Å². The van der Waals surface area contributed by atoms with E-state index in [1.165, 1.54) is 0 Å². The van der Waals surface area contributed by atoms with Crippen LogP contribution < -0.4 is 10.5 Å². The van der Waals surface area contributed by atoms with E-state index >= 15 is 0 Å². The molecule has 174 valence electrons. The van der Waals surface area contributed by atoms with Crippen LogP contribution in [0.3, 0.4) is 0 Å². The molecule has 3 rings (SSSR count). The Bertz CT molecular complexity index is 1280. The fourth-order valence-electron chi connectivity index (χ4n) is 3.63. The molecule has 0 saturated heterocycles. The SMILES string of the molecule is CCOC(=O)CCc1ccc(-c2ccc(NS(C)(=O)=O)cc2)n1-c1ccc(C(N)=O)cc1C. The third-order valence-corrected chi connectivity index (χ3v) is 5.66. The van der Waals surface area contributed by atoms with Crippen LogP contribution in [0.25, 0.3) is 16.9 Å². The van der Waals surface area contributed by atoms with Crippen molar-refractivity contribution in [1.82, 2.24) is 4.57 Å². The van der Waals surface area contributed by atoms with Gasteiger partial charge in [-0.3, -0.25) is 14.3 Å². The van der Waals surface area contributed by atoms with Gasteiger partial charge < -0.3 is 15.0 Å². The molecule has 9 heteroatoms. The molecule has 1 aromatic heterocycles. The van der Waals surface area contributed by atoms with Gasteiger partial charge in [0.15, 0.2) is 0 Å². The molecule has 3 aromatic rings. The Morgan fingerprint density at radius 2 is 1.76 bits per heavy atom. The second-order valence-electron chi connectivity index (χ2n) is 7.67. The molecule has 1 amide bonds. The minimum atomic E-state index is -3.38. The smallest absolute Gasteiger partial charge is 0.306 e. The highest BCUT2D eigenvalue weighted by atomic mass is 32.2. The number of primary amides is 1. The molecule has 3 N–H and O–H groups in total. The summed E-state index contributed by atoms with van der Waals surface area (Å²) in [7, 11) is -3.38. The molecule has 33 heavy (non-hydrogen) atoms. The number of aryl methyl sites for hydroxylation is 2. The average Bonchev–Trinajstić information content (AvgIpc) is 3.15. The Balaban J connectivity index is 2.06. The first kappa shape index (κ1) is 24.1. The number of carbonyl (C=O) groups is 2. The lowest BCUT2D eigenvalue weighted by atomic mass is 10.1. The molecule has 0 bridgehead atoms. The summed E-state index contributed by atoms with van der Waals surface area (Å²) in [5.41, 5.74) is 10.6. The minimum Gasteiger partial charge on any atom is -0.466 e. The third-order valence-electron chi connectivity index (χ3n) is 5.06. The predicted octanol–water partition coefficient (Wildman–Crippen LogP) is 3.42. The summed E-state index contributed by atoms with van der Waals surface area (Å²) in [4.78, 5) is 23.5. The lowest BCUT2D eigenvalue weighted by Crippen LogP contribution is -2.12. The molecule has 0 aliphatic carbocycles. The van der Waals surface area contributed by atoms with Gasteiger partial charge in [-0.2, -0.15) is 0 Å². The zero-order valence-corrected chi connectivity index (χ0v) is 19.6. The number of aromatic nitrogens is 1. The average molecular weight is 470 g/mol. The van der Waals surface area contributed by atoms with Crippen LogP contribution in [-0.4, -0.2) is 37.7 Å². The van der Waals surface area contributed by atoms with Crippen molar-refractivity contribution in [3.8, 4) is 16.9 Å². The molecular weight excluding hydrogens is 442 g/mol. The monoisotopic (exact) mass is 469 g/mol. The van der Waals surface area contributed by atoms with Gasteiger partial charge in [0.1, 0.15) is 0 Å². The van der Waals surface area contributed by atoms with E-state index in [0.717, 1.165) is 34.5 Å². The molecular formula is C24H27N3O5S. The van der Waals surface area contributed by atoms with Crippen molar-refractivity contribution in [2.45, 2.75) is 26.7 Å². The first-order valence-electron chi connectivity index (χ1n) is 10.4. The number of esters is 1. The van der Waals surface area contributed by atoms with Crippen LogP contribution in [0.4, 0.5) is 5.69 Å². The molecule has 8 nitrogen and oxygen atoms in total. The predicted molar refractivity (Wildman–Crippen MR) is 128 cm³/mol. The lowest BCUT2D eigenvalue weighted by Gasteiger charge is -2.17. The number of benzene rings is 2. The Morgan fingerprint density at radius 3 is 2.33 bits per heavy atom. The molecule has 0 saturated carbocycles. The van der Waals surface area contributed by atoms with Gasteiger partial charge >= 0.3 is 5.97 Å². The van der Waals surface area contributed by atoms with E-state index in [-0.39, 0.29) is 12.4 Å². The number of nitrogens with zero attached hydrogens (tertiary/aromatic N) is 1. The number of nitrogens with two attached hydrogens (primary N) is 1. The lowest BCUT2D eigenvalue weighted by molar-refractivity contribution is -0.143. The summed E-state index contributed by atoms with van der Waals surface area (Å²) in [6, 6.07) is 16.1. The van der Waals surface area contributed by atoms with Gasteiger partial charge in [-0.15, -0.1) is 0 Å². The molecule has 1 heterocycles. The maximum atomic E-state index is 11.9. The van der Waals surface area contributed by atoms with Crippen LogP contribution in [0.1, 0.15) is 35.0 Å². The Labute approximate surface area is 193 Å². The van der Waals surface area contributed by atoms with Gasteiger partial charge in [0.25, 0.3) is 0 Å². The highest BCUT2D eigenvalue weighted by Gasteiger charge is 2.16. The summed E-state index contributed by atoms with van der Waals surface area (Å²) in [5, 5.41) is 0. The van der Waals surface area contributed by atoms with Crippen LogP contribution in [0.5, 0.6) is 0 Å². The Kier molecular flexibility index (Phi) is 7.23. The molecule has 0 fully saturated rings. The van der Waals surface area contributed by atoms with Gasteiger partial charge in [-0.05, 0) is 73.9 Å². The summed E-state index contributed by atoms with van der Waals surface area (Å²) >= 11 is 0. The van der Waals surface area contributed by atoms with Crippen LogP contribution in [0.15, 0.2) is 54.6 Å². The van der Waals surface area contributed by atoms with Crippen molar-refractivity contribution in [2.24, 2.45) is 5.73 Å². The van der Waals surface area contributed by atoms with Crippen molar-refractivity contribution in [3.05, 3.63) is 71.4 Å². The highest BCUT2D eigenvalue weighted by molar-refractivity contribution is 7.92. The maximum Gasteiger partial charge on any atom is 0.306 e. The fourth-order valence-corrected chi connectivity index (χ4v) is 4.19. The van der Waals surface area contributed by atoms with Gasteiger partial charge in [0.2, 0.25) is 15.9 Å². The number of anilines is 1. The first-order valence-corrected chi connectivity index (χ1v) is 12.3. The molecule has 0 aliphatic heterocycles. The number of hydrogen-bond acceptors (Lipinski definition) is 5. The number of ether oxygens (including phenoxy) is 1. The van der Waals surface area contributed by atoms with Gasteiger partial charge in [-0.25, -0.2) is 8.42 Å². The number of carbonyl (C=O) groups excluding carboxylic acids is 2. The van der Waals surface area contributed by atoms with Crippen LogP contribution in [-0.2, 0) is 26.0 Å². The number of amides is 1. The molecule has 0 radical (unpaired) electrons. The maximum absolute atomic E-state index is 11.9. The van der Waals surface area contributed by atoms with E-state index in [4.69, 9.17) is 10.5 Å². The molecule has 0 atom stereocenters. The molecule has 0 unspecified atom stereocenters. The fraction of sp³-hybridized carbons (Fsp3) is 0.250. The molecule has 2 aromatic carbocycles. The normalized spacial score (nSPS) is 11.2. The number of nitrogens with one attached hydrogen (secondary N) is 1. The standard InChI is InChI=1S/C24H27N3O5S/c1-4-32-23(28)14-11-20-10-13-22(17-5-8-19(9-6-17)26-33(3,30)31)27(20)21-12-7-18(24(25)29)15-16(21)2/h5-10,12-13,15,26H,4,11,14H2,1-3H3,(H2,25,29). The van der Waals surface area contributed by atoms with E-state index in [2.05, 4.69) is 4.72 Å². The molecule has 0 aliphatic rings. The van der Waals surface area contributed by atoms with Crippen molar-refractivity contribution in [2.75, 3.05) is 17.6 Å². The van der Waals surface area contributed by atoms with E-state index in [1.807, 2.05) is 41.8 Å². The van der Waals surface area contributed by atoms with Gasteiger partial charge in [-0.1, -0.05) is 12.1 Å². The van der Waals surface area contributed by atoms with E-state index in [1.54, 1.807) is 31.2 Å². The van der Waals surface area contributed by atoms with Crippen molar-refractivity contribution in [3.63, 3.8) is 0 Å². The number of hydrogen-bond donors (Lipinski definition) is 2. The molecule has 0 spiro atoms. The quantitative estimate of drug-likeness (QED) is 0.465. The zero-order chi connectivity index (χ0) is 24.2. The second kappa shape index (κ2) is 9.91. The summed E-state index contributed by atoms with van der Waals surface area (Å²) in [6.07, 6.45) is 1.79. The van der Waals surface area contributed by atoms with Crippen molar-refractivity contribution < 1.29 is 22.7 Å². The largest absolute Gasteiger partial charge is 0.466 e. The van der Waals surface area contributed by atoms with E-state index in [0.29, 0.717) is 24.3 Å². The third kappa shape index (κ3) is 6.01. The van der Waals surface area contributed by atoms with Crippen molar-refractivity contribution >= 4 is 27.6 Å². The zero-order valence-electron chi connectivity index (χ0n) is 18.8. The number of sulfonamides is 1. The van der Waals surface area contributed by atoms with Gasteiger partial charge in [0, 0.05) is 22.6 Å². The second-order valence-corrected chi connectivity index (χ2v) is 9.42. The minimum absolute atomic E-state index is 0.229. The Morgan fingerprint density at radius 1 is 1.06 bits per heavy atom. The van der Waals surface area contributed by atoms with E-state index < -0.39 is 15.9 Å². The van der Waals surface area contributed by atoms with Gasteiger partial charge in [0.05, 0.1) is 25.0 Å². The van der Waals surface area contributed by atoms with Crippen molar-refractivity contribution in [1.29, 1.82) is 0 Å². The summed E-state index contributed by atoms with van der Waals surface area (Å²) in [6.45, 7) is 3.98. The van der Waals surface area contributed by atoms with Crippen LogP contribution in [0, 0.1) is 6.92 Å².